The van der Waals surface area contributed by atoms with Crippen molar-refractivity contribution in [2.24, 2.45) is 11.3 Å². The molecule has 130 valence electrons. The van der Waals surface area contributed by atoms with Crippen LogP contribution in [-0.4, -0.2) is 15.7 Å². The van der Waals surface area contributed by atoms with Crippen LogP contribution in [0, 0.1) is 11.3 Å². The molecule has 1 aromatic heterocycles. The summed E-state index contributed by atoms with van der Waals surface area (Å²) in [6.45, 7) is 2.46. The standard InChI is InChI=1S/C22H25NO2/c1-21-10-8-16(15-4-6-18(24)7-5-15)13-17(21)9-11-22(21)14-19-20(25-22)3-2-12-23-19/h2-7,12,16-17,24H,8-11,13-14H2,1H3/t16-,17-,21-,22-/m0/s1. The van der Waals surface area contributed by atoms with Gasteiger partial charge in [-0.25, -0.2) is 0 Å². The van der Waals surface area contributed by atoms with E-state index in [-0.39, 0.29) is 11.0 Å². The number of benzene rings is 1. The number of nitrogens with zero attached hydrogens (tertiary/aromatic N) is 1. The first-order valence-corrected chi connectivity index (χ1v) is 9.51. The summed E-state index contributed by atoms with van der Waals surface area (Å²) in [4.78, 5) is 4.57. The molecular formula is C22H25NO2. The fraction of sp³-hybridized carbons (Fsp3) is 0.500. The van der Waals surface area contributed by atoms with Gasteiger partial charge in [0.05, 0.1) is 5.69 Å². The molecule has 1 spiro atoms. The Hall–Kier alpha value is -2.03. The number of phenolic OH excluding ortho intramolecular Hbond substituents is 1. The third-order valence-corrected chi connectivity index (χ3v) is 7.39. The Kier molecular flexibility index (Phi) is 3.19. The fourth-order valence-electron chi connectivity index (χ4n) is 5.80. The Morgan fingerprint density at radius 1 is 1.12 bits per heavy atom. The van der Waals surface area contributed by atoms with Crippen molar-refractivity contribution in [3.63, 3.8) is 0 Å². The molecule has 5 rings (SSSR count). The lowest BCUT2D eigenvalue weighted by Gasteiger charge is -2.48. The first-order valence-electron chi connectivity index (χ1n) is 9.51. The van der Waals surface area contributed by atoms with Gasteiger partial charge in [-0.05, 0) is 73.8 Å². The molecule has 4 atom stereocenters. The predicted molar refractivity (Wildman–Crippen MR) is 96.8 cm³/mol. The van der Waals surface area contributed by atoms with Crippen LogP contribution in [0.2, 0.25) is 0 Å². The van der Waals surface area contributed by atoms with Crippen LogP contribution in [0.4, 0.5) is 0 Å². The molecule has 2 fully saturated rings. The van der Waals surface area contributed by atoms with Crippen molar-refractivity contribution in [3.05, 3.63) is 53.9 Å². The van der Waals surface area contributed by atoms with Gasteiger partial charge in [-0.3, -0.25) is 4.98 Å². The zero-order chi connectivity index (χ0) is 17.1. The third kappa shape index (κ3) is 2.14. The summed E-state index contributed by atoms with van der Waals surface area (Å²) in [6.07, 6.45) is 8.89. The largest absolute Gasteiger partial charge is 0.508 e. The van der Waals surface area contributed by atoms with Gasteiger partial charge in [0, 0.05) is 18.0 Å². The number of phenols is 1. The number of hydrogen-bond donors (Lipinski definition) is 1. The SMILES string of the molecule is C[C@]12CC[C@H](c3ccc(O)cc3)C[C@@H]1CC[C@]21Cc2ncccc2O1. The predicted octanol–water partition coefficient (Wildman–Crippen LogP) is 4.84. The van der Waals surface area contributed by atoms with Gasteiger partial charge in [0.15, 0.2) is 0 Å². The minimum atomic E-state index is -0.0473. The molecule has 3 nitrogen and oxygen atoms in total. The molecule has 1 aromatic carbocycles. The van der Waals surface area contributed by atoms with E-state index in [0.29, 0.717) is 17.6 Å². The van der Waals surface area contributed by atoms with Gasteiger partial charge in [-0.15, -0.1) is 0 Å². The Morgan fingerprint density at radius 3 is 2.76 bits per heavy atom. The summed E-state index contributed by atoms with van der Waals surface area (Å²) >= 11 is 0. The second kappa shape index (κ2) is 5.23. The highest BCUT2D eigenvalue weighted by molar-refractivity contribution is 5.37. The van der Waals surface area contributed by atoms with Crippen molar-refractivity contribution in [2.75, 3.05) is 0 Å². The van der Waals surface area contributed by atoms with Gasteiger partial charge in [0.25, 0.3) is 0 Å². The van der Waals surface area contributed by atoms with E-state index in [1.807, 2.05) is 24.4 Å². The van der Waals surface area contributed by atoms with E-state index < -0.39 is 0 Å². The first kappa shape index (κ1) is 15.2. The molecule has 1 aliphatic heterocycles. The highest BCUT2D eigenvalue weighted by atomic mass is 16.5. The summed E-state index contributed by atoms with van der Waals surface area (Å²) < 4.78 is 6.59. The maximum atomic E-state index is 9.55. The van der Waals surface area contributed by atoms with Gasteiger partial charge >= 0.3 is 0 Å². The molecule has 3 heteroatoms. The average Bonchev–Trinajstić information content (AvgIpc) is 3.14. The molecule has 2 aromatic rings. The van der Waals surface area contributed by atoms with Crippen molar-refractivity contribution in [2.45, 2.75) is 57.0 Å². The van der Waals surface area contributed by atoms with Gasteiger partial charge in [0.2, 0.25) is 0 Å². The number of aromatic hydroxyl groups is 1. The van der Waals surface area contributed by atoms with Gasteiger partial charge in [-0.1, -0.05) is 19.1 Å². The summed E-state index contributed by atoms with van der Waals surface area (Å²) in [5.74, 6) is 2.67. The lowest BCUT2D eigenvalue weighted by atomic mass is 9.59. The number of aromatic nitrogens is 1. The zero-order valence-electron chi connectivity index (χ0n) is 14.7. The second-order valence-electron chi connectivity index (χ2n) is 8.44. The van der Waals surface area contributed by atoms with E-state index in [4.69, 9.17) is 4.74 Å². The molecule has 1 N–H and O–H groups in total. The number of rotatable bonds is 1. The fourth-order valence-corrected chi connectivity index (χ4v) is 5.80. The van der Waals surface area contributed by atoms with Crippen LogP contribution in [0.3, 0.4) is 0 Å². The Morgan fingerprint density at radius 2 is 1.96 bits per heavy atom. The lowest BCUT2D eigenvalue weighted by Crippen LogP contribution is -2.50. The maximum Gasteiger partial charge on any atom is 0.141 e. The van der Waals surface area contributed by atoms with Crippen molar-refractivity contribution < 1.29 is 9.84 Å². The molecule has 0 unspecified atom stereocenters. The molecule has 0 saturated heterocycles. The van der Waals surface area contributed by atoms with Crippen LogP contribution < -0.4 is 4.74 Å². The normalized spacial score (nSPS) is 36.0. The minimum absolute atomic E-state index is 0.0473. The first-order chi connectivity index (χ1) is 12.1. The van der Waals surface area contributed by atoms with Crippen molar-refractivity contribution in [1.82, 2.24) is 4.98 Å². The molecule has 2 saturated carbocycles. The number of ether oxygens (including phenoxy) is 1. The van der Waals surface area contributed by atoms with E-state index in [2.05, 4.69) is 30.1 Å². The Labute approximate surface area is 149 Å². The summed E-state index contributed by atoms with van der Waals surface area (Å²) in [5.41, 5.74) is 2.71. The Bertz CT molecular complexity index is 775. The van der Waals surface area contributed by atoms with Crippen molar-refractivity contribution in [1.29, 1.82) is 0 Å². The van der Waals surface area contributed by atoms with Crippen molar-refractivity contribution in [3.8, 4) is 11.5 Å². The number of pyridine rings is 1. The van der Waals surface area contributed by atoms with E-state index in [1.54, 1.807) is 0 Å². The molecule has 0 radical (unpaired) electrons. The van der Waals surface area contributed by atoms with Crippen LogP contribution in [0.5, 0.6) is 11.5 Å². The van der Waals surface area contributed by atoms with E-state index in [0.717, 1.165) is 24.3 Å². The number of hydrogen-bond acceptors (Lipinski definition) is 3. The average molecular weight is 335 g/mol. The van der Waals surface area contributed by atoms with Gasteiger partial charge in [0.1, 0.15) is 17.1 Å². The molecule has 3 aliphatic rings. The van der Waals surface area contributed by atoms with Gasteiger partial charge < -0.3 is 9.84 Å². The van der Waals surface area contributed by atoms with Crippen LogP contribution in [0.25, 0.3) is 0 Å². The van der Waals surface area contributed by atoms with Gasteiger partial charge in [-0.2, -0.15) is 0 Å². The highest BCUT2D eigenvalue weighted by Gasteiger charge is 2.62. The van der Waals surface area contributed by atoms with E-state index >= 15 is 0 Å². The van der Waals surface area contributed by atoms with E-state index in [1.165, 1.54) is 31.2 Å². The summed E-state index contributed by atoms with van der Waals surface area (Å²) in [6, 6.07) is 11.9. The highest BCUT2D eigenvalue weighted by Crippen LogP contribution is 2.63. The topological polar surface area (TPSA) is 42.4 Å². The molecular weight excluding hydrogens is 310 g/mol. The molecule has 0 bridgehead atoms. The molecule has 2 aliphatic carbocycles. The maximum absolute atomic E-state index is 9.55. The number of fused-ring (bicyclic) bond motifs is 3. The second-order valence-corrected chi connectivity index (χ2v) is 8.44. The smallest absolute Gasteiger partial charge is 0.141 e. The van der Waals surface area contributed by atoms with Crippen LogP contribution in [0.15, 0.2) is 42.6 Å². The van der Waals surface area contributed by atoms with E-state index in [9.17, 15) is 5.11 Å². The third-order valence-electron chi connectivity index (χ3n) is 7.39. The molecule has 0 amide bonds. The molecule has 2 heterocycles. The van der Waals surface area contributed by atoms with Crippen molar-refractivity contribution >= 4 is 0 Å². The lowest BCUT2D eigenvalue weighted by molar-refractivity contribution is -0.0518. The quantitative estimate of drug-likeness (QED) is 0.810. The van der Waals surface area contributed by atoms with Crippen LogP contribution in [-0.2, 0) is 6.42 Å². The van der Waals surface area contributed by atoms with Crippen LogP contribution in [0.1, 0.15) is 56.2 Å². The monoisotopic (exact) mass is 335 g/mol. The minimum Gasteiger partial charge on any atom is -0.508 e. The summed E-state index contributed by atoms with van der Waals surface area (Å²) in [5, 5.41) is 9.55. The summed E-state index contributed by atoms with van der Waals surface area (Å²) in [7, 11) is 0. The van der Waals surface area contributed by atoms with Crippen LogP contribution >= 0.6 is 0 Å². The molecule has 25 heavy (non-hydrogen) atoms. The Balaban J connectivity index is 1.41. The zero-order valence-corrected chi connectivity index (χ0v) is 14.7.